The number of carboxylic acids is 1. The highest BCUT2D eigenvalue weighted by atomic mass is 28.3. The summed E-state index contributed by atoms with van der Waals surface area (Å²) in [4.78, 5) is 34.7. The van der Waals surface area contributed by atoms with Crippen LogP contribution < -0.4 is 29.3 Å². The zero-order chi connectivity index (χ0) is 49.7. The van der Waals surface area contributed by atoms with Gasteiger partial charge in [-0.1, -0.05) is 127 Å². The highest BCUT2D eigenvalue weighted by Crippen LogP contribution is 2.43. The van der Waals surface area contributed by atoms with E-state index in [2.05, 4.69) is 13.1 Å². The van der Waals surface area contributed by atoms with Crippen molar-refractivity contribution in [3.8, 4) is 23.0 Å². The molecule has 0 unspecified atom stereocenters. The second-order valence-electron chi connectivity index (χ2n) is 19.6. The summed E-state index contributed by atoms with van der Waals surface area (Å²) >= 11 is 0. The van der Waals surface area contributed by atoms with Gasteiger partial charge in [0.25, 0.3) is 0 Å². The SMILES string of the molecule is CC(=O)Oc1c(C)cc(OC[Si](C)(C)c2ccc(C(F)(F)F)cc2)c(C)c1C.CC(C)(C)c1cc(OC[Si](C)(C)c2cccc(C(F)(F)F)c2)cc(C(C)(C)C)c1OC(=O)CCC(=O)O. The summed E-state index contributed by atoms with van der Waals surface area (Å²) in [5, 5.41) is 10.4. The van der Waals surface area contributed by atoms with E-state index in [9.17, 15) is 40.7 Å². The largest absolute Gasteiger partial charge is 0.497 e. The van der Waals surface area contributed by atoms with Crippen LogP contribution in [0.1, 0.15) is 100 Å². The first-order chi connectivity index (χ1) is 29.5. The first-order valence-electron chi connectivity index (χ1n) is 21.1. The summed E-state index contributed by atoms with van der Waals surface area (Å²) in [6.07, 6.45) is -8.66. The van der Waals surface area contributed by atoms with Gasteiger partial charge in [0.15, 0.2) is 0 Å². The fraction of sp³-hybridized carbons (Fsp3) is 0.449. The Morgan fingerprint density at radius 3 is 1.58 bits per heavy atom. The number of aryl methyl sites for hydroxylation is 1. The van der Waals surface area contributed by atoms with Crippen LogP contribution in [0.5, 0.6) is 23.0 Å². The van der Waals surface area contributed by atoms with Crippen LogP contribution in [0.4, 0.5) is 26.3 Å². The number of rotatable bonds is 13. The van der Waals surface area contributed by atoms with E-state index in [0.717, 1.165) is 51.2 Å². The molecule has 0 saturated heterocycles. The van der Waals surface area contributed by atoms with Crippen LogP contribution in [0.3, 0.4) is 0 Å². The van der Waals surface area contributed by atoms with Crippen molar-refractivity contribution in [2.45, 2.75) is 131 Å². The minimum atomic E-state index is -4.41. The Kier molecular flexibility index (Phi) is 17.2. The van der Waals surface area contributed by atoms with Gasteiger partial charge < -0.3 is 24.1 Å². The van der Waals surface area contributed by atoms with Crippen LogP contribution in [0, 0.1) is 20.8 Å². The number of carboxylic acid groups (broad SMARTS) is 1. The maximum absolute atomic E-state index is 13.3. The van der Waals surface area contributed by atoms with Crippen LogP contribution in [0.25, 0.3) is 0 Å². The number of ether oxygens (including phenoxy) is 4. The van der Waals surface area contributed by atoms with Gasteiger partial charge in [0.2, 0.25) is 0 Å². The Labute approximate surface area is 380 Å². The van der Waals surface area contributed by atoms with E-state index in [1.54, 1.807) is 30.3 Å². The van der Waals surface area contributed by atoms with Crippen molar-refractivity contribution in [3.63, 3.8) is 0 Å². The summed E-state index contributed by atoms with van der Waals surface area (Å²) in [5.41, 5.74) is 1.72. The third kappa shape index (κ3) is 15.2. The minimum absolute atomic E-state index is 0.249. The molecule has 0 aromatic heterocycles. The number of esters is 2. The van der Waals surface area contributed by atoms with Gasteiger partial charge in [0.05, 0.1) is 36.4 Å². The molecular weight excluding hydrogens is 887 g/mol. The molecule has 0 atom stereocenters. The molecule has 4 rings (SSSR count). The highest BCUT2D eigenvalue weighted by molar-refractivity contribution is 6.90. The molecular formula is C49H62F6O8Si2. The summed E-state index contributed by atoms with van der Waals surface area (Å²) in [6, 6.07) is 16.2. The van der Waals surface area contributed by atoms with Gasteiger partial charge in [0.1, 0.15) is 39.1 Å². The van der Waals surface area contributed by atoms with Crippen molar-refractivity contribution in [3.05, 3.63) is 106 Å². The quantitative estimate of drug-likeness (QED) is 0.0611. The average molecular weight is 949 g/mol. The number of aliphatic carboxylic acids is 1. The molecule has 356 valence electrons. The van der Waals surface area contributed by atoms with Crippen LogP contribution in [0.2, 0.25) is 26.2 Å². The number of carbonyl (C=O) groups is 3. The predicted octanol–water partition coefficient (Wildman–Crippen LogP) is 11.7. The minimum Gasteiger partial charge on any atom is -0.497 e. The molecule has 0 fully saturated rings. The Morgan fingerprint density at radius 1 is 0.600 bits per heavy atom. The Bertz CT molecular complexity index is 2300. The number of hydrogen-bond acceptors (Lipinski definition) is 7. The van der Waals surface area contributed by atoms with E-state index in [1.165, 1.54) is 19.1 Å². The molecule has 0 saturated carbocycles. The molecule has 0 aliphatic rings. The molecule has 0 aliphatic carbocycles. The molecule has 8 nitrogen and oxygen atoms in total. The van der Waals surface area contributed by atoms with Crippen LogP contribution >= 0.6 is 0 Å². The van der Waals surface area contributed by atoms with E-state index < -0.39 is 62.4 Å². The van der Waals surface area contributed by atoms with Crippen molar-refractivity contribution in [1.82, 2.24) is 0 Å². The van der Waals surface area contributed by atoms with Crippen LogP contribution in [-0.4, -0.2) is 51.6 Å². The lowest BCUT2D eigenvalue weighted by Gasteiger charge is -2.31. The monoisotopic (exact) mass is 948 g/mol. The topological polar surface area (TPSA) is 108 Å². The molecule has 65 heavy (non-hydrogen) atoms. The Balaban J connectivity index is 0.000000359. The van der Waals surface area contributed by atoms with Gasteiger partial charge in [-0.3, -0.25) is 14.4 Å². The predicted molar refractivity (Wildman–Crippen MR) is 246 cm³/mol. The standard InChI is InChI=1S/C28H37F3O5Si.C21H25F3O3Si/c1-26(2,3)21-15-19(16-22(27(4,5)6)25(21)36-24(34)13-12-23(32)33)35-17-37(7,8)20-11-9-10-18(14-20)28(29,30)31;1-13-11-19(14(2)15(3)20(13)27-16(4)25)26-12-28(5,6)18-9-7-17(8-10-18)21(22,23)24/h9-11,14-16H,12-13,17H2,1-8H3,(H,32,33);7-11H,12H2,1-6H3. The van der Waals surface area contributed by atoms with Crippen molar-refractivity contribution in [2.24, 2.45) is 0 Å². The first kappa shape index (κ1) is 54.2. The number of carbonyl (C=O) groups excluding carboxylic acids is 2. The van der Waals surface area contributed by atoms with Gasteiger partial charge in [-0.15, -0.1) is 0 Å². The van der Waals surface area contributed by atoms with Crippen LogP contribution in [0.15, 0.2) is 66.7 Å². The second kappa shape index (κ2) is 20.6. The average Bonchev–Trinajstić information content (AvgIpc) is 3.18. The fourth-order valence-electron chi connectivity index (χ4n) is 6.67. The number of halogens is 6. The molecule has 0 bridgehead atoms. The normalized spacial score (nSPS) is 12.5. The lowest BCUT2D eigenvalue weighted by molar-refractivity contribution is -0.142. The molecule has 4 aromatic carbocycles. The summed E-state index contributed by atoms with van der Waals surface area (Å²) in [6.45, 7) is 26.8. The van der Waals surface area contributed by atoms with E-state index in [0.29, 0.717) is 34.4 Å². The Morgan fingerprint density at radius 2 is 1.11 bits per heavy atom. The molecule has 1 N–H and O–H groups in total. The van der Waals surface area contributed by atoms with Crippen molar-refractivity contribution in [1.29, 1.82) is 0 Å². The molecule has 16 heteroatoms. The van der Waals surface area contributed by atoms with E-state index in [1.807, 2.05) is 81.5 Å². The highest BCUT2D eigenvalue weighted by Gasteiger charge is 2.35. The van der Waals surface area contributed by atoms with Gasteiger partial charge in [-0.25, -0.2) is 0 Å². The smallest absolute Gasteiger partial charge is 0.416 e. The lowest BCUT2D eigenvalue weighted by Crippen LogP contribution is -2.47. The van der Waals surface area contributed by atoms with Crippen molar-refractivity contribution >= 4 is 44.4 Å². The van der Waals surface area contributed by atoms with Gasteiger partial charge >= 0.3 is 30.3 Å². The number of alkyl halides is 6. The zero-order valence-corrected chi connectivity index (χ0v) is 41.8. The van der Waals surface area contributed by atoms with Gasteiger partial charge in [0, 0.05) is 18.1 Å². The maximum atomic E-state index is 13.3. The summed E-state index contributed by atoms with van der Waals surface area (Å²) < 4.78 is 101. The number of benzene rings is 4. The van der Waals surface area contributed by atoms with Crippen molar-refractivity contribution in [2.75, 3.05) is 12.5 Å². The third-order valence-electron chi connectivity index (χ3n) is 10.8. The summed E-state index contributed by atoms with van der Waals surface area (Å²) in [7, 11) is -4.54. The molecule has 4 aromatic rings. The fourth-order valence-corrected chi connectivity index (χ4v) is 10.2. The van der Waals surface area contributed by atoms with E-state index >= 15 is 0 Å². The number of hydrogen-bond donors (Lipinski definition) is 1. The van der Waals surface area contributed by atoms with Gasteiger partial charge in [-0.2, -0.15) is 26.3 Å². The van der Waals surface area contributed by atoms with Gasteiger partial charge in [-0.05, 0) is 66.5 Å². The zero-order valence-electron chi connectivity index (χ0n) is 39.8. The molecule has 0 aliphatic heterocycles. The summed E-state index contributed by atoms with van der Waals surface area (Å²) in [5.74, 6) is 0.0560. The molecule has 0 spiro atoms. The first-order valence-corrected chi connectivity index (χ1v) is 27.5. The lowest BCUT2D eigenvalue weighted by atomic mass is 9.79. The van der Waals surface area contributed by atoms with E-state index in [-0.39, 0.29) is 25.0 Å². The van der Waals surface area contributed by atoms with Crippen molar-refractivity contribution < 1.29 is 64.8 Å². The second-order valence-corrected chi connectivity index (χ2v) is 28.8. The Hall–Kier alpha value is -5.10. The third-order valence-corrected chi connectivity index (χ3v) is 16.3. The maximum Gasteiger partial charge on any atom is 0.416 e. The van der Waals surface area contributed by atoms with Crippen LogP contribution in [-0.2, 0) is 37.6 Å². The van der Waals surface area contributed by atoms with E-state index in [4.69, 9.17) is 24.1 Å². The molecule has 0 heterocycles. The molecule has 0 radical (unpaired) electrons. The molecule has 0 amide bonds.